The molecule has 0 spiro atoms. The molecule has 2 aromatic rings. The fourth-order valence-corrected chi connectivity index (χ4v) is 4.30. The Morgan fingerprint density at radius 2 is 1.96 bits per heavy atom. The molecule has 130 valence electrons. The Morgan fingerprint density at radius 3 is 2.64 bits per heavy atom. The van der Waals surface area contributed by atoms with Gasteiger partial charge < -0.3 is 4.74 Å². The molecule has 0 N–H and O–H groups in total. The summed E-state index contributed by atoms with van der Waals surface area (Å²) >= 11 is 0. The molecule has 1 unspecified atom stereocenters. The third-order valence-corrected chi connectivity index (χ3v) is 6.27. The van der Waals surface area contributed by atoms with Crippen LogP contribution in [0.4, 0.5) is 0 Å². The molecular weight excluding hydrogens is 342 g/mol. The standard InChI is InChI=1S/C17H17N3O4S/c1-19(2)25(22,23)20-10-18-13-8-12-9-24-17(21)15(12)14(16(13)20)11-6-4-3-5-7-11/h3-7,10,12H,8-9H2,1-2H3. The van der Waals surface area contributed by atoms with Crippen molar-refractivity contribution in [1.29, 1.82) is 0 Å². The summed E-state index contributed by atoms with van der Waals surface area (Å²) in [6.07, 6.45) is 1.80. The summed E-state index contributed by atoms with van der Waals surface area (Å²) in [4.78, 5) is 16.7. The van der Waals surface area contributed by atoms with Gasteiger partial charge in [-0.1, -0.05) is 30.3 Å². The number of carbonyl (C=O) groups excluding carboxylic acids is 1. The zero-order chi connectivity index (χ0) is 17.8. The summed E-state index contributed by atoms with van der Waals surface area (Å²) in [7, 11) is -0.831. The number of nitrogens with zero attached hydrogens (tertiary/aromatic N) is 3. The minimum Gasteiger partial charge on any atom is -0.462 e. The van der Waals surface area contributed by atoms with Crippen molar-refractivity contribution in [3.05, 3.63) is 59.2 Å². The summed E-state index contributed by atoms with van der Waals surface area (Å²) in [6.45, 7) is 0.303. The van der Waals surface area contributed by atoms with Gasteiger partial charge in [0.15, 0.2) is 0 Å². The molecule has 4 rings (SSSR count). The maximum Gasteiger partial charge on any atom is 0.335 e. The Balaban J connectivity index is 2.05. The van der Waals surface area contributed by atoms with Crippen molar-refractivity contribution in [2.45, 2.75) is 6.42 Å². The molecule has 8 heteroatoms. The average Bonchev–Trinajstić information content (AvgIpc) is 3.18. The van der Waals surface area contributed by atoms with E-state index in [4.69, 9.17) is 4.74 Å². The predicted octanol–water partition coefficient (Wildman–Crippen LogP) is 1.07. The van der Waals surface area contributed by atoms with Crippen LogP contribution in [0.25, 0.3) is 5.57 Å². The molecule has 1 atom stereocenters. The van der Waals surface area contributed by atoms with E-state index in [2.05, 4.69) is 4.98 Å². The SMILES string of the molecule is CN(C)S(=O)(=O)n1cnc2c1C(c1ccccc1)=C1C(=O)OCC1C2. The van der Waals surface area contributed by atoms with Crippen LogP contribution in [0.2, 0.25) is 0 Å². The topological polar surface area (TPSA) is 81.5 Å². The van der Waals surface area contributed by atoms with Gasteiger partial charge in [-0.3, -0.25) is 0 Å². The predicted molar refractivity (Wildman–Crippen MR) is 90.8 cm³/mol. The molecule has 0 saturated carbocycles. The minimum atomic E-state index is -3.76. The first-order valence-corrected chi connectivity index (χ1v) is 9.27. The van der Waals surface area contributed by atoms with Crippen LogP contribution in [-0.4, -0.2) is 48.4 Å². The molecule has 1 aliphatic heterocycles. The number of imidazole rings is 1. The van der Waals surface area contributed by atoms with Crippen molar-refractivity contribution in [3.8, 4) is 0 Å². The number of hydrogen-bond acceptors (Lipinski definition) is 5. The first kappa shape index (κ1) is 16.0. The third kappa shape index (κ3) is 2.32. The van der Waals surface area contributed by atoms with Crippen LogP contribution >= 0.6 is 0 Å². The smallest absolute Gasteiger partial charge is 0.335 e. The van der Waals surface area contributed by atoms with Gasteiger partial charge in [-0.2, -0.15) is 12.7 Å². The number of ether oxygens (including phenoxy) is 1. The molecule has 1 aromatic carbocycles. The van der Waals surface area contributed by atoms with E-state index in [0.717, 1.165) is 13.8 Å². The van der Waals surface area contributed by atoms with E-state index in [-0.39, 0.29) is 11.9 Å². The molecule has 1 aliphatic carbocycles. The van der Waals surface area contributed by atoms with Gasteiger partial charge in [-0.15, -0.1) is 0 Å². The Morgan fingerprint density at radius 1 is 1.24 bits per heavy atom. The Hall–Kier alpha value is -2.45. The molecule has 7 nitrogen and oxygen atoms in total. The van der Waals surface area contributed by atoms with Crippen LogP contribution in [0.15, 0.2) is 42.2 Å². The highest BCUT2D eigenvalue weighted by molar-refractivity contribution is 7.87. The highest BCUT2D eigenvalue weighted by Gasteiger charge is 2.41. The quantitative estimate of drug-likeness (QED) is 0.766. The number of esters is 1. The maximum absolute atomic E-state index is 12.7. The number of carbonyl (C=O) groups is 1. The minimum absolute atomic E-state index is 0.0967. The number of rotatable bonds is 3. The third-order valence-electron chi connectivity index (χ3n) is 4.57. The maximum atomic E-state index is 12.7. The van der Waals surface area contributed by atoms with E-state index in [0.29, 0.717) is 35.6 Å². The second-order valence-corrected chi connectivity index (χ2v) is 8.30. The monoisotopic (exact) mass is 359 g/mol. The van der Waals surface area contributed by atoms with Gasteiger partial charge in [-0.25, -0.2) is 13.8 Å². The second kappa shape index (κ2) is 5.53. The van der Waals surface area contributed by atoms with E-state index in [1.807, 2.05) is 30.3 Å². The van der Waals surface area contributed by atoms with E-state index in [1.54, 1.807) is 0 Å². The lowest BCUT2D eigenvalue weighted by molar-refractivity contribution is -0.135. The van der Waals surface area contributed by atoms with E-state index in [1.165, 1.54) is 20.4 Å². The Labute approximate surface area is 145 Å². The fourth-order valence-electron chi connectivity index (χ4n) is 3.35. The summed E-state index contributed by atoms with van der Waals surface area (Å²) in [5.74, 6) is -0.481. The van der Waals surface area contributed by atoms with Gasteiger partial charge in [0.25, 0.3) is 0 Å². The number of aromatic nitrogens is 2. The lowest BCUT2D eigenvalue weighted by atomic mass is 9.82. The van der Waals surface area contributed by atoms with Crippen molar-refractivity contribution in [2.24, 2.45) is 5.92 Å². The van der Waals surface area contributed by atoms with Crippen molar-refractivity contribution >= 4 is 21.8 Å². The number of benzene rings is 1. The molecule has 1 aromatic heterocycles. The first-order valence-electron chi connectivity index (χ1n) is 7.87. The van der Waals surface area contributed by atoms with Crippen LogP contribution in [0.3, 0.4) is 0 Å². The van der Waals surface area contributed by atoms with Crippen LogP contribution in [-0.2, 0) is 26.2 Å². The highest BCUT2D eigenvalue weighted by atomic mass is 32.2. The lowest BCUT2D eigenvalue weighted by Crippen LogP contribution is -2.30. The van der Waals surface area contributed by atoms with Crippen LogP contribution in [0.1, 0.15) is 17.0 Å². The first-order chi connectivity index (χ1) is 11.9. The number of cyclic esters (lactones) is 1. The average molecular weight is 359 g/mol. The van der Waals surface area contributed by atoms with Crippen molar-refractivity contribution in [2.75, 3.05) is 20.7 Å². The molecule has 1 saturated heterocycles. The largest absolute Gasteiger partial charge is 0.462 e. The molecule has 25 heavy (non-hydrogen) atoms. The van der Waals surface area contributed by atoms with Gasteiger partial charge in [-0.05, 0) is 5.56 Å². The number of fused-ring (bicyclic) bond motifs is 2. The molecule has 2 aliphatic rings. The summed E-state index contributed by atoms with van der Waals surface area (Å²) in [5.41, 5.74) is 3.02. The second-order valence-electron chi connectivity index (χ2n) is 6.28. The van der Waals surface area contributed by atoms with Crippen LogP contribution in [0.5, 0.6) is 0 Å². The Kier molecular flexibility index (Phi) is 3.55. The zero-order valence-corrected chi connectivity index (χ0v) is 14.7. The molecule has 2 heterocycles. The lowest BCUT2D eigenvalue weighted by Gasteiger charge is -2.23. The van der Waals surface area contributed by atoms with Gasteiger partial charge in [0.1, 0.15) is 6.33 Å². The van der Waals surface area contributed by atoms with Gasteiger partial charge in [0.2, 0.25) is 0 Å². The van der Waals surface area contributed by atoms with Crippen LogP contribution in [0, 0.1) is 5.92 Å². The van der Waals surface area contributed by atoms with E-state index in [9.17, 15) is 13.2 Å². The van der Waals surface area contributed by atoms with E-state index < -0.39 is 10.2 Å². The summed E-state index contributed by atoms with van der Waals surface area (Å²) in [5, 5.41) is 0. The van der Waals surface area contributed by atoms with Crippen molar-refractivity contribution in [1.82, 2.24) is 13.3 Å². The van der Waals surface area contributed by atoms with Crippen molar-refractivity contribution < 1.29 is 17.9 Å². The molecule has 0 radical (unpaired) electrons. The Bertz CT molecular complexity index is 990. The van der Waals surface area contributed by atoms with Crippen LogP contribution < -0.4 is 0 Å². The van der Waals surface area contributed by atoms with Gasteiger partial charge in [0.05, 0.1) is 23.6 Å². The summed E-state index contributed by atoms with van der Waals surface area (Å²) in [6, 6.07) is 9.30. The number of hydrogen-bond donors (Lipinski definition) is 0. The molecule has 0 bridgehead atoms. The molecular formula is C17H17N3O4S. The molecule has 1 fully saturated rings. The van der Waals surface area contributed by atoms with Gasteiger partial charge in [0, 0.05) is 32.0 Å². The summed E-state index contributed by atoms with van der Waals surface area (Å²) < 4.78 is 33.0. The molecule has 0 amide bonds. The van der Waals surface area contributed by atoms with E-state index >= 15 is 0 Å². The van der Waals surface area contributed by atoms with Crippen molar-refractivity contribution in [3.63, 3.8) is 0 Å². The highest BCUT2D eigenvalue weighted by Crippen LogP contribution is 2.42. The fraction of sp³-hybridized carbons (Fsp3) is 0.294. The van der Waals surface area contributed by atoms with Gasteiger partial charge >= 0.3 is 16.2 Å². The zero-order valence-electron chi connectivity index (χ0n) is 13.8. The normalized spacial score (nSPS) is 19.8.